The minimum Gasteiger partial charge on any atom is -0.350 e. The highest BCUT2D eigenvalue weighted by Crippen LogP contribution is 2.31. The fourth-order valence-electron chi connectivity index (χ4n) is 2.92. The Morgan fingerprint density at radius 1 is 1.32 bits per heavy atom. The van der Waals surface area contributed by atoms with Crippen LogP contribution >= 0.6 is 0 Å². The summed E-state index contributed by atoms with van der Waals surface area (Å²) in [6.45, 7) is 8.78. The summed E-state index contributed by atoms with van der Waals surface area (Å²) in [5, 5.41) is 7.69. The lowest BCUT2D eigenvalue weighted by atomic mass is 9.89. The molecule has 1 aromatic carbocycles. The lowest BCUT2D eigenvalue weighted by Gasteiger charge is -2.18. The van der Waals surface area contributed by atoms with E-state index in [9.17, 15) is 4.79 Å². The van der Waals surface area contributed by atoms with Crippen LogP contribution in [0.4, 0.5) is 0 Å². The van der Waals surface area contributed by atoms with Crippen molar-refractivity contribution in [2.24, 2.45) is 11.7 Å². The van der Waals surface area contributed by atoms with Crippen molar-refractivity contribution in [2.75, 3.05) is 6.54 Å². The van der Waals surface area contributed by atoms with Gasteiger partial charge in [-0.15, -0.1) is 0 Å². The minimum atomic E-state index is -0.221. The van der Waals surface area contributed by atoms with E-state index in [-0.39, 0.29) is 17.4 Å². The van der Waals surface area contributed by atoms with Crippen molar-refractivity contribution < 1.29 is 4.79 Å². The van der Waals surface area contributed by atoms with Crippen molar-refractivity contribution in [3.8, 4) is 5.69 Å². The molecule has 134 valence electrons. The van der Waals surface area contributed by atoms with E-state index in [1.54, 1.807) is 4.68 Å². The molecule has 0 aliphatic heterocycles. The molecule has 5 heteroatoms. The molecule has 1 aliphatic rings. The number of hydrogen-bond donors (Lipinski definition) is 2. The molecule has 3 N–H and O–H groups in total. The molecule has 2 aromatic rings. The standard InChI is InChI=1S/C20H28N4O/c1-13-5-9-15(10-6-13)24-12-16(18(23-24)20(2,3)4)19(25)22-11-17(21)14-7-8-14/h5-6,9-10,12,14,17H,7-8,11,21H2,1-4H3,(H,22,25). The smallest absolute Gasteiger partial charge is 0.254 e. The van der Waals surface area contributed by atoms with Gasteiger partial charge in [-0.05, 0) is 37.8 Å². The highest BCUT2D eigenvalue weighted by atomic mass is 16.1. The lowest BCUT2D eigenvalue weighted by Crippen LogP contribution is -2.39. The topological polar surface area (TPSA) is 72.9 Å². The van der Waals surface area contributed by atoms with Crippen LogP contribution in [0.15, 0.2) is 30.5 Å². The molecule has 0 saturated heterocycles. The van der Waals surface area contributed by atoms with Crippen LogP contribution < -0.4 is 11.1 Å². The first kappa shape index (κ1) is 17.7. The Kier molecular flexibility index (Phi) is 4.69. The molecule has 1 amide bonds. The van der Waals surface area contributed by atoms with Gasteiger partial charge in [-0.2, -0.15) is 5.10 Å². The molecular formula is C20H28N4O. The van der Waals surface area contributed by atoms with Crippen LogP contribution in [0.25, 0.3) is 5.69 Å². The average Bonchev–Trinajstić information content (AvgIpc) is 3.30. The maximum atomic E-state index is 12.7. The molecule has 0 radical (unpaired) electrons. The predicted octanol–water partition coefficient (Wildman–Crippen LogP) is 2.95. The van der Waals surface area contributed by atoms with Crippen LogP contribution in [0, 0.1) is 12.8 Å². The van der Waals surface area contributed by atoms with Crippen molar-refractivity contribution >= 4 is 5.91 Å². The second-order valence-corrected chi connectivity index (χ2v) is 8.13. The number of nitrogens with zero attached hydrogens (tertiary/aromatic N) is 2. The van der Waals surface area contributed by atoms with Gasteiger partial charge < -0.3 is 11.1 Å². The first-order valence-electron chi connectivity index (χ1n) is 8.96. The van der Waals surface area contributed by atoms with Gasteiger partial charge in [-0.25, -0.2) is 4.68 Å². The number of benzene rings is 1. The van der Waals surface area contributed by atoms with Gasteiger partial charge in [0.2, 0.25) is 0 Å². The number of nitrogens with two attached hydrogens (primary N) is 1. The number of amides is 1. The normalized spacial score (nSPS) is 15.9. The van der Waals surface area contributed by atoms with Gasteiger partial charge in [-0.3, -0.25) is 4.79 Å². The summed E-state index contributed by atoms with van der Waals surface area (Å²) in [5.41, 5.74) is 9.44. The molecule has 1 aromatic heterocycles. The molecule has 3 rings (SSSR count). The van der Waals surface area contributed by atoms with Crippen LogP contribution in [-0.4, -0.2) is 28.3 Å². The summed E-state index contributed by atoms with van der Waals surface area (Å²) in [5.74, 6) is 0.469. The van der Waals surface area contributed by atoms with Crippen LogP contribution in [0.2, 0.25) is 0 Å². The highest BCUT2D eigenvalue weighted by molar-refractivity contribution is 5.95. The van der Waals surface area contributed by atoms with Crippen LogP contribution in [-0.2, 0) is 5.41 Å². The van der Waals surface area contributed by atoms with Gasteiger partial charge in [0.15, 0.2) is 0 Å². The van der Waals surface area contributed by atoms with Gasteiger partial charge in [0.25, 0.3) is 5.91 Å². The largest absolute Gasteiger partial charge is 0.350 e. The van der Waals surface area contributed by atoms with E-state index in [0.29, 0.717) is 18.0 Å². The molecule has 1 atom stereocenters. The molecule has 1 heterocycles. The summed E-state index contributed by atoms with van der Waals surface area (Å²) in [7, 11) is 0. The van der Waals surface area contributed by atoms with E-state index in [1.165, 1.54) is 18.4 Å². The van der Waals surface area contributed by atoms with Gasteiger partial charge in [0.05, 0.1) is 16.9 Å². The molecule has 0 spiro atoms. The first-order valence-corrected chi connectivity index (χ1v) is 8.96. The van der Waals surface area contributed by atoms with Crippen molar-refractivity contribution in [1.29, 1.82) is 0 Å². The summed E-state index contributed by atoms with van der Waals surface area (Å²) in [4.78, 5) is 12.7. The molecule has 5 nitrogen and oxygen atoms in total. The zero-order valence-electron chi connectivity index (χ0n) is 15.5. The van der Waals surface area contributed by atoms with Gasteiger partial charge in [0, 0.05) is 24.2 Å². The van der Waals surface area contributed by atoms with E-state index in [2.05, 4.69) is 33.0 Å². The van der Waals surface area contributed by atoms with Crippen molar-refractivity contribution in [3.63, 3.8) is 0 Å². The molecule has 0 bridgehead atoms. The lowest BCUT2D eigenvalue weighted by molar-refractivity contribution is 0.0948. The number of carbonyl (C=O) groups excluding carboxylic acids is 1. The second kappa shape index (κ2) is 6.64. The summed E-state index contributed by atoms with van der Waals surface area (Å²) >= 11 is 0. The van der Waals surface area contributed by atoms with E-state index in [0.717, 1.165) is 11.4 Å². The Morgan fingerprint density at radius 2 is 1.96 bits per heavy atom. The quantitative estimate of drug-likeness (QED) is 0.879. The SMILES string of the molecule is Cc1ccc(-n2cc(C(=O)NCC(N)C3CC3)c(C(C)(C)C)n2)cc1. The van der Waals surface area contributed by atoms with Crippen molar-refractivity contribution in [3.05, 3.63) is 47.3 Å². The maximum absolute atomic E-state index is 12.7. The minimum absolute atomic E-state index is 0.0502. The van der Waals surface area contributed by atoms with E-state index < -0.39 is 0 Å². The molecule has 25 heavy (non-hydrogen) atoms. The molecule has 1 aliphatic carbocycles. The molecular weight excluding hydrogens is 312 g/mol. The van der Waals surface area contributed by atoms with E-state index in [4.69, 9.17) is 10.8 Å². The second-order valence-electron chi connectivity index (χ2n) is 8.13. The Bertz CT molecular complexity index is 751. The first-order chi connectivity index (χ1) is 11.8. The van der Waals surface area contributed by atoms with Crippen molar-refractivity contribution in [2.45, 2.75) is 52.0 Å². The number of aromatic nitrogens is 2. The predicted molar refractivity (Wildman–Crippen MR) is 100 cm³/mol. The summed E-state index contributed by atoms with van der Waals surface area (Å²) < 4.78 is 1.79. The van der Waals surface area contributed by atoms with Crippen LogP contribution in [0.5, 0.6) is 0 Å². The maximum Gasteiger partial charge on any atom is 0.254 e. The number of carbonyl (C=O) groups is 1. The summed E-state index contributed by atoms with van der Waals surface area (Å²) in [6, 6.07) is 8.16. The van der Waals surface area contributed by atoms with E-state index in [1.807, 2.05) is 30.5 Å². The third-order valence-corrected chi connectivity index (χ3v) is 4.69. The number of hydrogen-bond acceptors (Lipinski definition) is 3. The molecule has 1 fully saturated rings. The van der Waals surface area contributed by atoms with Gasteiger partial charge >= 0.3 is 0 Å². The van der Waals surface area contributed by atoms with Crippen LogP contribution in [0.1, 0.15) is 55.2 Å². The number of nitrogens with one attached hydrogen (secondary N) is 1. The number of rotatable bonds is 5. The highest BCUT2D eigenvalue weighted by Gasteiger charge is 2.30. The Morgan fingerprint density at radius 3 is 2.52 bits per heavy atom. The zero-order chi connectivity index (χ0) is 18.2. The summed E-state index contributed by atoms with van der Waals surface area (Å²) in [6.07, 6.45) is 4.18. The average molecular weight is 340 g/mol. The Labute approximate surface area is 149 Å². The zero-order valence-corrected chi connectivity index (χ0v) is 15.5. The number of aryl methyl sites for hydroxylation is 1. The van der Waals surface area contributed by atoms with E-state index >= 15 is 0 Å². The fourth-order valence-corrected chi connectivity index (χ4v) is 2.92. The third kappa shape index (κ3) is 4.10. The monoisotopic (exact) mass is 340 g/mol. The fraction of sp³-hybridized carbons (Fsp3) is 0.500. The molecule has 1 saturated carbocycles. The Hall–Kier alpha value is -2.14. The van der Waals surface area contributed by atoms with Gasteiger partial charge in [0.1, 0.15) is 0 Å². The van der Waals surface area contributed by atoms with Crippen LogP contribution in [0.3, 0.4) is 0 Å². The van der Waals surface area contributed by atoms with Crippen molar-refractivity contribution in [1.82, 2.24) is 15.1 Å². The third-order valence-electron chi connectivity index (χ3n) is 4.69. The van der Waals surface area contributed by atoms with Gasteiger partial charge in [-0.1, -0.05) is 38.5 Å². The molecule has 1 unspecified atom stereocenters. The Balaban J connectivity index is 1.85.